The molecule has 0 aliphatic carbocycles. The Morgan fingerprint density at radius 1 is 1.08 bits per heavy atom. The third-order valence-corrected chi connectivity index (χ3v) is 11.3. The van der Waals surface area contributed by atoms with Gasteiger partial charge in [0.2, 0.25) is 0 Å². The topological polar surface area (TPSA) is 123 Å². The zero-order chi connectivity index (χ0) is 33.8. The summed E-state index contributed by atoms with van der Waals surface area (Å²) >= 11 is 1.58. The standard InChI is InChI=1S/C35H43N7O4SSi/c1-23-6-12-30(25-9-13-31-28(16-25)38-21-47-31)41(20-23)35(44)34(43)39-29-19-36-18-27-32(29)42(22-46-14-15-48(3,4)5)40-33(27)37-17-24-7-10-26(45-2)11-8-24/h7-11,13,16,18-19,21,23,30H,6,12,14-15,17,20,22H2,1-5H3,(H,37,40)(H,39,43). The molecule has 1 fully saturated rings. The molecule has 4 heterocycles. The van der Waals surface area contributed by atoms with E-state index in [-0.39, 0.29) is 18.7 Å². The minimum atomic E-state index is -1.30. The number of aromatic nitrogens is 4. The Labute approximate surface area is 285 Å². The van der Waals surface area contributed by atoms with Gasteiger partial charge in [0.05, 0.1) is 51.7 Å². The van der Waals surface area contributed by atoms with Gasteiger partial charge in [-0.1, -0.05) is 44.8 Å². The van der Waals surface area contributed by atoms with Crippen molar-refractivity contribution in [2.24, 2.45) is 5.92 Å². The highest BCUT2D eigenvalue weighted by atomic mass is 32.1. The summed E-state index contributed by atoms with van der Waals surface area (Å²) in [5, 5.41) is 11.9. The number of fused-ring (bicyclic) bond motifs is 2. The number of ether oxygens (including phenoxy) is 2. The summed E-state index contributed by atoms with van der Waals surface area (Å²) in [5.41, 5.74) is 5.80. The summed E-state index contributed by atoms with van der Waals surface area (Å²) in [6.45, 7) is 10.9. The molecule has 2 N–H and O–H groups in total. The fourth-order valence-corrected chi connectivity index (χ4v) is 7.43. The number of hydrogen-bond donors (Lipinski definition) is 2. The second kappa shape index (κ2) is 14.4. The van der Waals surface area contributed by atoms with E-state index in [9.17, 15) is 9.59 Å². The Kier molecular flexibility index (Phi) is 10.1. The Bertz CT molecular complexity index is 1900. The number of rotatable bonds is 11. The lowest BCUT2D eigenvalue weighted by molar-refractivity contribution is -0.146. The van der Waals surface area contributed by atoms with E-state index in [1.807, 2.05) is 48.0 Å². The summed E-state index contributed by atoms with van der Waals surface area (Å²) in [6.07, 6.45) is 5.02. The summed E-state index contributed by atoms with van der Waals surface area (Å²) in [7, 11) is 0.346. The molecule has 252 valence electrons. The molecule has 1 saturated heterocycles. The predicted octanol–water partition coefficient (Wildman–Crippen LogP) is 6.91. The number of pyridine rings is 1. The summed E-state index contributed by atoms with van der Waals surface area (Å²) in [4.78, 5) is 38.2. The van der Waals surface area contributed by atoms with Crippen molar-refractivity contribution in [2.75, 3.05) is 30.9 Å². The van der Waals surface area contributed by atoms with Gasteiger partial charge in [-0.2, -0.15) is 5.10 Å². The van der Waals surface area contributed by atoms with Crippen LogP contribution in [-0.2, 0) is 27.6 Å². The maximum atomic E-state index is 13.9. The van der Waals surface area contributed by atoms with Crippen LogP contribution in [0.15, 0.2) is 60.4 Å². The third kappa shape index (κ3) is 7.69. The van der Waals surface area contributed by atoms with Gasteiger partial charge >= 0.3 is 11.8 Å². The molecule has 0 radical (unpaired) electrons. The van der Waals surface area contributed by atoms with Crippen LogP contribution in [0.4, 0.5) is 11.5 Å². The highest BCUT2D eigenvalue weighted by Gasteiger charge is 2.35. The number of benzene rings is 2. The molecule has 1 aliphatic heterocycles. The van der Waals surface area contributed by atoms with Gasteiger partial charge in [-0.25, -0.2) is 9.67 Å². The SMILES string of the molecule is COc1ccc(CNc2nn(COCC[Si](C)(C)C)c3c(NC(=O)C(=O)N4CC(C)CCC4c4ccc5scnc5c4)cncc23)cc1. The number of piperidine rings is 1. The molecule has 48 heavy (non-hydrogen) atoms. The maximum Gasteiger partial charge on any atom is 0.314 e. The van der Waals surface area contributed by atoms with Crippen LogP contribution < -0.4 is 15.4 Å². The molecule has 11 nitrogen and oxygen atoms in total. The van der Waals surface area contributed by atoms with E-state index < -0.39 is 19.9 Å². The number of nitrogens with zero attached hydrogens (tertiary/aromatic N) is 5. The van der Waals surface area contributed by atoms with Crippen LogP contribution in [0.2, 0.25) is 25.7 Å². The average molecular weight is 686 g/mol. The number of anilines is 2. The highest BCUT2D eigenvalue weighted by molar-refractivity contribution is 7.16. The fourth-order valence-electron chi connectivity index (χ4n) is 6.02. The maximum absolute atomic E-state index is 13.9. The van der Waals surface area contributed by atoms with E-state index in [0.717, 1.165) is 46.0 Å². The summed E-state index contributed by atoms with van der Waals surface area (Å²) in [6, 6.07) is 14.7. The molecule has 2 atom stereocenters. The van der Waals surface area contributed by atoms with Crippen molar-refractivity contribution in [2.45, 2.75) is 64.8 Å². The number of nitrogens with one attached hydrogen (secondary N) is 2. The van der Waals surface area contributed by atoms with Gasteiger partial charge in [-0.15, -0.1) is 11.3 Å². The van der Waals surface area contributed by atoms with E-state index in [1.165, 1.54) is 0 Å². The van der Waals surface area contributed by atoms with Gasteiger partial charge < -0.3 is 25.0 Å². The lowest BCUT2D eigenvalue weighted by atomic mass is 9.89. The fraction of sp³-hybridized carbons (Fsp3) is 0.400. The highest BCUT2D eigenvalue weighted by Crippen LogP contribution is 2.36. The summed E-state index contributed by atoms with van der Waals surface area (Å²) in [5.74, 6) is 0.386. The van der Waals surface area contributed by atoms with Gasteiger partial charge in [-0.3, -0.25) is 14.6 Å². The van der Waals surface area contributed by atoms with Crippen molar-refractivity contribution in [1.82, 2.24) is 24.6 Å². The summed E-state index contributed by atoms with van der Waals surface area (Å²) < 4.78 is 14.2. The lowest BCUT2D eigenvalue weighted by Crippen LogP contribution is -2.46. The number of methoxy groups -OCH3 is 1. The van der Waals surface area contributed by atoms with E-state index in [0.29, 0.717) is 42.1 Å². The minimum absolute atomic E-state index is 0.191. The van der Waals surface area contributed by atoms with Crippen LogP contribution in [0.25, 0.3) is 21.1 Å². The molecule has 0 bridgehead atoms. The molecule has 2 amide bonds. The van der Waals surface area contributed by atoms with Gasteiger partial charge in [0.25, 0.3) is 0 Å². The zero-order valence-corrected chi connectivity index (χ0v) is 30.0. The predicted molar refractivity (Wildman–Crippen MR) is 193 cm³/mol. The van der Waals surface area contributed by atoms with Crippen LogP contribution >= 0.6 is 11.3 Å². The van der Waals surface area contributed by atoms with Crippen LogP contribution in [0, 0.1) is 5.92 Å². The van der Waals surface area contributed by atoms with Crippen LogP contribution in [0.3, 0.4) is 0 Å². The first-order valence-corrected chi connectivity index (χ1v) is 20.9. The Balaban J connectivity index is 1.25. The van der Waals surface area contributed by atoms with E-state index in [2.05, 4.69) is 47.2 Å². The molecule has 2 unspecified atom stereocenters. The molecule has 1 aliphatic rings. The van der Waals surface area contributed by atoms with Crippen molar-refractivity contribution in [3.8, 4) is 5.75 Å². The second-order valence-corrected chi connectivity index (χ2v) is 20.2. The Morgan fingerprint density at radius 3 is 2.67 bits per heavy atom. The van der Waals surface area contributed by atoms with Crippen LogP contribution in [0.5, 0.6) is 5.75 Å². The molecule has 3 aromatic heterocycles. The molecular weight excluding hydrogens is 643 g/mol. The van der Waals surface area contributed by atoms with E-state index in [1.54, 1.807) is 40.4 Å². The Hall–Kier alpha value is -4.33. The molecule has 5 aromatic rings. The van der Waals surface area contributed by atoms with Crippen LogP contribution in [0.1, 0.15) is 36.9 Å². The monoisotopic (exact) mass is 685 g/mol. The number of hydrogen-bond acceptors (Lipinski definition) is 9. The molecule has 13 heteroatoms. The average Bonchev–Trinajstić information content (AvgIpc) is 3.70. The quantitative estimate of drug-likeness (QED) is 0.0874. The molecular formula is C35H43N7O4SSi. The van der Waals surface area contributed by atoms with Gasteiger partial charge in [0.1, 0.15) is 12.5 Å². The first-order valence-electron chi connectivity index (χ1n) is 16.3. The Morgan fingerprint density at radius 2 is 1.90 bits per heavy atom. The lowest BCUT2D eigenvalue weighted by Gasteiger charge is -2.38. The number of carbonyl (C=O) groups is 2. The van der Waals surface area contributed by atoms with Gasteiger partial charge in [0.15, 0.2) is 5.82 Å². The molecule has 0 saturated carbocycles. The molecule has 6 rings (SSSR count). The number of carbonyl (C=O) groups excluding carboxylic acids is 2. The number of thiazole rings is 1. The minimum Gasteiger partial charge on any atom is -0.497 e. The zero-order valence-electron chi connectivity index (χ0n) is 28.2. The normalized spacial score (nSPS) is 16.7. The van der Waals surface area contributed by atoms with Crippen molar-refractivity contribution in [1.29, 1.82) is 0 Å². The van der Waals surface area contributed by atoms with Crippen molar-refractivity contribution in [3.63, 3.8) is 0 Å². The first kappa shape index (κ1) is 33.6. The molecule has 0 spiro atoms. The van der Waals surface area contributed by atoms with E-state index >= 15 is 0 Å². The number of amides is 2. The van der Waals surface area contributed by atoms with Gasteiger partial charge in [-0.05, 0) is 60.2 Å². The third-order valence-electron chi connectivity index (χ3n) is 8.74. The van der Waals surface area contributed by atoms with Crippen LogP contribution in [-0.4, -0.2) is 64.8 Å². The van der Waals surface area contributed by atoms with E-state index in [4.69, 9.17) is 14.6 Å². The van der Waals surface area contributed by atoms with Crippen molar-refractivity contribution in [3.05, 3.63) is 71.5 Å². The van der Waals surface area contributed by atoms with Gasteiger partial charge in [0, 0.05) is 34.0 Å². The van der Waals surface area contributed by atoms with Crippen molar-refractivity contribution >= 4 is 63.8 Å². The smallest absolute Gasteiger partial charge is 0.314 e. The first-order chi connectivity index (χ1) is 23.1. The largest absolute Gasteiger partial charge is 0.497 e. The van der Waals surface area contributed by atoms with Crippen molar-refractivity contribution < 1.29 is 19.1 Å². The number of likely N-dealkylation sites (tertiary alicyclic amines) is 1. The second-order valence-electron chi connectivity index (χ2n) is 13.7. The molecule has 2 aromatic carbocycles.